The van der Waals surface area contributed by atoms with Crippen molar-refractivity contribution in [1.29, 1.82) is 0 Å². The maximum absolute atomic E-state index is 13.4. The molecule has 1 aliphatic rings. The number of rotatable bonds is 7. The molecular formula is C24H33N3O4S. The summed E-state index contributed by atoms with van der Waals surface area (Å²) in [6.07, 6.45) is 0. The number of benzene rings is 2. The van der Waals surface area contributed by atoms with Gasteiger partial charge in [0.15, 0.2) is 0 Å². The number of nitrogens with zero attached hydrogens (tertiary/aromatic N) is 3. The highest BCUT2D eigenvalue weighted by Gasteiger charge is 2.28. The van der Waals surface area contributed by atoms with Crippen molar-refractivity contribution in [2.75, 3.05) is 51.3 Å². The molecule has 8 heteroatoms. The van der Waals surface area contributed by atoms with Crippen LogP contribution in [0.25, 0.3) is 0 Å². The molecule has 0 N–H and O–H groups in total. The summed E-state index contributed by atoms with van der Waals surface area (Å²) in [6.45, 7) is 11.1. The predicted octanol–water partition coefficient (Wildman–Crippen LogP) is 3.30. The maximum Gasteiger partial charge on any atom is 0.257 e. The third kappa shape index (κ3) is 4.61. The Balaban J connectivity index is 1.83. The Morgan fingerprint density at radius 2 is 1.69 bits per heavy atom. The van der Waals surface area contributed by atoms with E-state index in [2.05, 4.69) is 36.9 Å². The summed E-state index contributed by atoms with van der Waals surface area (Å²) in [5.74, 6) is 0.171. The lowest BCUT2D eigenvalue weighted by Crippen LogP contribution is -2.49. The topological polar surface area (TPSA) is 70.2 Å². The van der Waals surface area contributed by atoms with Gasteiger partial charge in [-0.25, -0.2) is 8.42 Å². The number of hydrogen-bond acceptors (Lipinski definition) is 5. The Hall–Kier alpha value is -2.58. The molecule has 174 valence electrons. The number of hydrogen-bond donors (Lipinski definition) is 0. The van der Waals surface area contributed by atoms with E-state index in [1.165, 1.54) is 40.4 Å². The van der Waals surface area contributed by atoms with Gasteiger partial charge in [0.05, 0.1) is 17.6 Å². The van der Waals surface area contributed by atoms with E-state index < -0.39 is 10.0 Å². The molecular weight excluding hydrogens is 426 g/mol. The summed E-state index contributed by atoms with van der Waals surface area (Å²) in [7, 11) is -2.18. The molecule has 1 heterocycles. The van der Waals surface area contributed by atoms with E-state index in [0.717, 1.165) is 13.1 Å². The van der Waals surface area contributed by atoms with Gasteiger partial charge in [-0.3, -0.25) is 4.79 Å². The van der Waals surface area contributed by atoms with E-state index >= 15 is 0 Å². The smallest absolute Gasteiger partial charge is 0.257 e. The van der Waals surface area contributed by atoms with E-state index in [1.807, 2.05) is 0 Å². The molecule has 2 aromatic carbocycles. The van der Waals surface area contributed by atoms with Gasteiger partial charge in [-0.05, 0) is 49.2 Å². The molecule has 1 aliphatic heterocycles. The molecule has 3 rings (SSSR count). The highest BCUT2D eigenvalue weighted by atomic mass is 32.2. The van der Waals surface area contributed by atoms with Crippen LogP contribution in [0.5, 0.6) is 5.75 Å². The first kappa shape index (κ1) is 24.1. The van der Waals surface area contributed by atoms with Gasteiger partial charge in [-0.15, -0.1) is 0 Å². The molecule has 0 unspecified atom stereocenters. The summed E-state index contributed by atoms with van der Waals surface area (Å²) in [6, 6.07) is 10.8. The van der Waals surface area contributed by atoms with Crippen LogP contribution in [-0.4, -0.2) is 69.9 Å². The highest BCUT2D eigenvalue weighted by molar-refractivity contribution is 7.89. The van der Waals surface area contributed by atoms with Gasteiger partial charge in [-0.2, -0.15) is 4.31 Å². The van der Waals surface area contributed by atoms with Crippen LogP contribution < -0.4 is 9.64 Å². The van der Waals surface area contributed by atoms with Crippen LogP contribution in [0.1, 0.15) is 35.3 Å². The van der Waals surface area contributed by atoms with E-state index in [-0.39, 0.29) is 16.4 Å². The number of methoxy groups -OCH3 is 1. The normalized spacial score (nSPS) is 14.7. The molecule has 0 atom stereocenters. The number of anilines is 1. The number of carbonyl (C=O) groups is 1. The lowest BCUT2D eigenvalue weighted by molar-refractivity contribution is 0.0743. The van der Waals surface area contributed by atoms with Crippen molar-refractivity contribution in [1.82, 2.24) is 9.21 Å². The molecule has 0 radical (unpaired) electrons. The first-order valence-electron chi connectivity index (χ1n) is 11.0. The Bertz CT molecular complexity index is 1070. The maximum atomic E-state index is 13.4. The standard InChI is InChI=1S/C24H33N3O4S/c1-6-27(7-2)32(29,30)20-11-12-23(31-5)21(17-20)24(28)26-15-13-25(14-16-26)22-10-8-9-18(3)19(22)4/h8-12,17H,6-7,13-16H2,1-5H3. The van der Waals surface area contributed by atoms with Crippen LogP contribution in [0.3, 0.4) is 0 Å². The van der Waals surface area contributed by atoms with E-state index in [4.69, 9.17) is 4.74 Å². The molecule has 1 amide bonds. The van der Waals surface area contributed by atoms with Crippen LogP contribution >= 0.6 is 0 Å². The molecule has 0 spiro atoms. The second-order valence-electron chi connectivity index (χ2n) is 7.95. The quantitative estimate of drug-likeness (QED) is 0.635. The van der Waals surface area contributed by atoms with Crippen LogP contribution in [0, 0.1) is 13.8 Å². The van der Waals surface area contributed by atoms with Gasteiger partial charge in [0.2, 0.25) is 10.0 Å². The van der Waals surface area contributed by atoms with Gasteiger partial charge in [0.1, 0.15) is 5.75 Å². The zero-order chi connectivity index (χ0) is 23.5. The van der Waals surface area contributed by atoms with E-state index in [1.54, 1.807) is 24.8 Å². The van der Waals surface area contributed by atoms with E-state index in [9.17, 15) is 13.2 Å². The van der Waals surface area contributed by atoms with Crippen molar-refractivity contribution >= 4 is 21.6 Å². The SMILES string of the molecule is CCN(CC)S(=O)(=O)c1ccc(OC)c(C(=O)N2CCN(c3cccc(C)c3C)CC2)c1. The van der Waals surface area contributed by atoms with Crippen molar-refractivity contribution < 1.29 is 17.9 Å². The Kier molecular flexibility index (Phi) is 7.46. The minimum atomic E-state index is -3.67. The summed E-state index contributed by atoms with van der Waals surface area (Å²) in [5.41, 5.74) is 3.98. The molecule has 2 aromatic rings. The number of sulfonamides is 1. The second-order valence-corrected chi connectivity index (χ2v) is 9.89. The first-order valence-corrected chi connectivity index (χ1v) is 12.5. The van der Waals surface area contributed by atoms with Crippen LogP contribution in [0.4, 0.5) is 5.69 Å². The largest absolute Gasteiger partial charge is 0.496 e. The fourth-order valence-corrected chi connectivity index (χ4v) is 5.61. The average molecular weight is 460 g/mol. The minimum absolute atomic E-state index is 0.111. The van der Waals surface area contributed by atoms with Crippen LogP contribution in [0.15, 0.2) is 41.3 Å². The third-order valence-electron chi connectivity index (χ3n) is 6.23. The average Bonchev–Trinajstić information content (AvgIpc) is 2.80. The monoisotopic (exact) mass is 459 g/mol. The molecule has 32 heavy (non-hydrogen) atoms. The van der Waals surface area contributed by atoms with Gasteiger partial charge in [0, 0.05) is 45.0 Å². The predicted molar refractivity (Wildman–Crippen MR) is 127 cm³/mol. The number of aryl methyl sites for hydroxylation is 1. The van der Waals surface area contributed by atoms with Gasteiger partial charge in [-0.1, -0.05) is 26.0 Å². The van der Waals surface area contributed by atoms with Crippen molar-refractivity contribution in [2.24, 2.45) is 0 Å². The molecule has 0 bridgehead atoms. The molecule has 7 nitrogen and oxygen atoms in total. The first-order chi connectivity index (χ1) is 15.2. The highest BCUT2D eigenvalue weighted by Crippen LogP contribution is 2.28. The van der Waals surface area contributed by atoms with Crippen molar-refractivity contribution in [3.05, 3.63) is 53.1 Å². The van der Waals surface area contributed by atoms with Crippen LogP contribution in [0.2, 0.25) is 0 Å². The molecule has 0 aliphatic carbocycles. The Morgan fingerprint density at radius 3 is 2.28 bits per heavy atom. The molecule has 0 aromatic heterocycles. The van der Waals surface area contributed by atoms with Crippen molar-refractivity contribution in [2.45, 2.75) is 32.6 Å². The number of piperazine rings is 1. The zero-order valence-electron chi connectivity index (χ0n) is 19.6. The number of ether oxygens (including phenoxy) is 1. The van der Waals surface area contributed by atoms with Crippen LogP contribution in [-0.2, 0) is 10.0 Å². The fraction of sp³-hybridized carbons (Fsp3) is 0.458. The molecule has 1 fully saturated rings. The zero-order valence-corrected chi connectivity index (χ0v) is 20.4. The van der Waals surface area contributed by atoms with E-state index in [0.29, 0.717) is 31.9 Å². The summed E-state index contributed by atoms with van der Waals surface area (Å²) in [4.78, 5) is 17.5. The summed E-state index contributed by atoms with van der Waals surface area (Å²) < 4.78 is 32.7. The number of carbonyl (C=O) groups excluding carboxylic acids is 1. The fourth-order valence-electron chi connectivity index (χ4n) is 4.13. The second kappa shape index (κ2) is 9.92. The van der Waals surface area contributed by atoms with Gasteiger partial charge in [0.25, 0.3) is 5.91 Å². The number of amides is 1. The lowest BCUT2D eigenvalue weighted by atomic mass is 10.1. The lowest BCUT2D eigenvalue weighted by Gasteiger charge is -2.37. The van der Waals surface area contributed by atoms with Crippen molar-refractivity contribution in [3.63, 3.8) is 0 Å². The minimum Gasteiger partial charge on any atom is -0.496 e. The Labute approximate surface area is 191 Å². The van der Waals surface area contributed by atoms with Gasteiger partial charge < -0.3 is 14.5 Å². The molecule has 1 saturated heterocycles. The Morgan fingerprint density at radius 1 is 1.03 bits per heavy atom. The molecule has 0 saturated carbocycles. The van der Waals surface area contributed by atoms with Crippen molar-refractivity contribution in [3.8, 4) is 5.75 Å². The van der Waals surface area contributed by atoms with Gasteiger partial charge >= 0.3 is 0 Å². The summed E-state index contributed by atoms with van der Waals surface area (Å²) in [5, 5.41) is 0. The summed E-state index contributed by atoms with van der Waals surface area (Å²) >= 11 is 0. The third-order valence-corrected chi connectivity index (χ3v) is 8.27.